The van der Waals surface area contributed by atoms with E-state index < -0.39 is 0 Å². The molecule has 19 heavy (non-hydrogen) atoms. The first-order chi connectivity index (χ1) is 9.34. The number of hydrogen-bond donors (Lipinski definition) is 1. The van der Waals surface area contributed by atoms with E-state index in [4.69, 9.17) is 4.52 Å². The van der Waals surface area contributed by atoms with Gasteiger partial charge in [0.2, 0.25) is 11.7 Å². The first kappa shape index (κ1) is 12.2. The Kier molecular flexibility index (Phi) is 3.25. The van der Waals surface area contributed by atoms with Gasteiger partial charge in [-0.15, -0.1) is 0 Å². The largest absolute Gasteiger partial charge is 0.338 e. The van der Waals surface area contributed by atoms with Crippen LogP contribution in [0.1, 0.15) is 32.1 Å². The molecular formula is C13H17N5O. The minimum absolute atomic E-state index is 0.0174. The van der Waals surface area contributed by atoms with E-state index in [0.717, 1.165) is 38.2 Å². The summed E-state index contributed by atoms with van der Waals surface area (Å²) in [5.74, 6) is 1.29. The molecule has 3 heterocycles. The molecule has 0 spiro atoms. The maximum atomic E-state index is 5.50. The molecule has 0 bridgehead atoms. The maximum absolute atomic E-state index is 5.50. The van der Waals surface area contributed by atoms with Crippen LogP contribution >= 0.6 is 0 Å². The van der Waals surface area contributed by atoms with Crippen LogP contribution in [0.15, 0.2) is 23.1 Å². The van der Waals surface area contributed by atoms with Crippen molar-refractivity contribution in [2.75, 3.05) is 13.1 Å². The predicted molar refractivity (Wildman–Crippen MR) is 69.4 cm³/mol. The second-order valence-corrected chi connectivity index (χ2v) is 4.90. The van der Waals surface area contributed by atoms with Gasteiger partial charge in [-0.3, -0.25) is 0 Å². The van der Waals surface area contributed by atoms with Crippen LogP contribution in [0.25, 0.3) is 11.5 Å². The normalized spacial score (nSPS) is 18.4. The Morgan fingerprint density at radius 3 is 2.89 bits per heavy atom. The standard InChI is InChI=1S/C13H17N5O/c1-2-13(4-7-14-8-5-13)12-17-11(18-19-12)10-3-6-15-9-16-10/h3,6,9,14H,2,4-5,7-8H2,1H3. The summed E-state index contributed by atoms with van der Waals surface area (Å²) in [5.41, 5.74) is 0.717. The summed E-state index contributed by atoms with van der Waals surface area (Å²) in [6.07, 6.45) is 6.26. The molecule has 0 radical (unpaired) electrons. The van der Waals surface area contributed by atoms with Crippen LogP contribution in [0.4, 0.5) is 0 Å². The number of piperidine rings is 1. The number of hydrogen-bond acceptors (Lipinski definition) is 6. The van der Waals surface area contributed by atoms with Gasteiger partial charge in [-0.25, -0.2) is 9.97 Å². The summed E-state index contributed by atoms with van der Waals surface area (Å²) in [5, 5.41) is 7.43. The summed E-state index contributed by atoms with van der Waals surface area (Å²) < 4.78 is 5.50. The van der Waals surface area contributed by atoms with Crippen LogP contribution in [-0.2, 0) is 5.41 Å². The highest BCUT2D eigenvalue weighted by Gasteiger charge is 2.37. The molecule has 6 nitrogen and oxygen atoms in total. The van der Waals surface area contributed by atoms with Crippen LogP contribution < -0.4 is 5.32 Å². The predicted octanol–water partition coefficient (Wildman–Crippen LogP) is 1.56. The molecule has 0 atom stereocenters. The van der Waals surface area contributed by atoms with Crippen molar-refractivity contribution >= 4 is 0 Å². The first-order valence-electron chi connectivity index (χ1n) is 6.65. The maximum Gasteiger partial charge on any atom is 0.233 e. The zero-order chi connectivity index (χ0) is 13.1. The molecule has 1 aliphatic heterocycles. The molecule has 0 aliphatic carbocycles. The fourth-order valence-corrected chi connectivity index (χ4v) is 2.59. The second-order valence-electron chi connectivity index (χ2n) is 4.90. The molecule has 0 aromatic carbocycles. The quantitative estimate of drug-likeness (QED) is 0.901. The lowest BCUT2D eigenvalue weighted by molar-refractivity contribution is 0.216. The number of nitrogens with zero attached hydrogens (tertiary/aromatic N) is 4. The van der Waals surface area contributed by atoms with Gasteiger partial charge in [-0.05, 0) is 38.4 Å². The summed E-state index contributed by atoms with van der Waals surface area (Å²) >= 11 is 0. The lowest BCUT2D eigenvalue weighted by Gasteiger charge is -2.33. The van der Waals surface area contributed by atoms with Gasteiger partial charge in [-0.2, -0.15) is 4.98 Å². The Balaban J connectivity index is 1.92. The highest BCUT2D eigenvalue weighted by Crippen LogP contribution is 2.36. The minimum atomic E-state index is 0.0174. The van der Waals surface area contributed by atoms with Crippen LogP contribution in [0.5, 0.6) is 0 Å². The topological polar surface area (TPSA) is 76.7 Å². The third-order valence-electron chi connectivity index (χ3n) is 3.93. The molecule has 1 aliphatic rings. The molecule has 100 valence electrons. The Bertz CT molecular complexity index is 533. The summed E-state index contributed by atoms with van der Waals surface area (Å²) in [6.45, 7) is 4.18. The summed E-state index contributed by atoms with van der Waals surface area (Å²) in [6, 6.07) is 1.79. The molecule has 1 N–H and O–H groups in total. The van der Waals surface area contributed by atoms with Crippen molar-refractivity contribution in [3.05, 3.63) is 24.5 Å². The van der Waals surface area contributed by atoms with E-state index in [-0.39, 0.29) is 5.41 Å². The minimum Gasteiger partial charge on any atom is -0.338 e. The zero-order valence-electron chi connectivity index (χ0n) is 11.0. The van der Waals surface area contributed by atoms with Crippen LogP contribution in [0.3, 0.4) is 0 Å². The molecule has 0 saturated carbocycles. The smallest absolute Gasteiger partial charge is 0.233 e. The van der Waals surface area contributed by atoms with Gasteiger partial charge in [0, 0.05) is 6.20 Å². The number of rotatable bonds is 3. The van der Waals surface area contributed by atoms with Crippen molar-refractivity contribution in [1.29, 1.82) is 0 Å². The fraction of sp³-hybridized carbons (Fsp3) is 0.538. The van der Waals surface area contributed by atoms with Gasteiger partial charge in [0.15, 0.2) is 0 Å². The van der Waals surface area contributed by atoms with E-state index in [1.165, 1.54) is 6.33 Å². The lowest BCUT2D eigenvalue weighted by Crippen LogP contribution is -2.39. The van der Waals surface area contributed by atoms with Gasteiger partial charge < -0.3 is 9.84 Å². The Morgan fingerprint density at radius 1 is 1.37 bits per heavy atom. The molecule has 3 rings (SSSR count). The molecule has 2 aromatic rings. The van der Waals surface area contributed by atoms with Gasteiger partial charge in [0.25, 0.3) is 0 Å². The van der Waals surface area contributed by atoms with Crippen molar-refractivity contribution in [1.82, 2.24) is 25.4 Å². The third-order valence-corrected chi connectivity index (χ3v) is 3.93. The van der Waals surface area contributed by atoms with Crippen LogP contribution in [-0.4, -0.2) is 33.2 Å². The molecule has 1 fully saturated rings. The Hall–Kier alpha value is -1.82. The molecule has 0 amide bonds. The first-order valence-corrected chi connectivity index (χ1v) is 6.65. The molecule has 2 aromatic heterocycles. The zero-order valence-corrected chi connectivity index (χ0v) is 11.0. The third kappa shape index (κ3) is 2.23. The average Bonchev–Trinajstić information content (AvgIpc) is 2.99. The van der Waals surface area contributed by atoms with Crippen LogP contribution in [0, 0.1) is 0 Å². The van der Waals surface area contributed by atoms with Gasteiger partial charge >= 0.3 is 0 Å². The Labute approximate surface area is 111 Å². The van der Waals surface area contributed by atoms with Crippen molar-refractivity contribution in [2.24, 2.45) is 0 Å². The van der Waals surface area contributed by atoms with E-state index in [1.807, 2.05) is 0 Å². The Morgan fingerprint density at radius 2 is 2.21 bits per heavy atom. The van der Waals surface area contributed by atoms with E-state index in [9.17, 15) is 0 Å². The number of aromatic nitrogens is 4. The second kappa shape index (κ2) is 5.05. The monoisotopic (exact) mass is 259 g/mol. The summed E-state index contributed by atoms with van der Waals surface area (Å²) in [4.78, 5) is 12.6. The van der Waals surface area contributed by atoms with Crippen molar-refractivity contribution in [3.8, 4) is 11.5 Å². The van der Waals surface area contributed by atoms with Gasteiger partial charge in [-0.1, -0.05) is 12.1 Å². The highest BCUT2D eigenvalue weighted by molar-refractivity contribution is 5.46. The molecule has 6 heteroatoms. The SMILES string of the molecule is CCC1(c2nc(-c3ccncn3)no2)CCNCC1. The van der Waals surface area contributed by atoms with Crippen LogP contribution in [0.2, 0.25) is 0 Å². The van der Waals surface area contributed by atoms with Crippen molar-refractivity contribution in [3.63, 3.8) is 0 Å². The fourth-order valence-electron chi connectivity index (χ4n) is 2.59. The summed E-state index contributed by atoms with van der Waals surface area (Å²) in [7, 11) is 0. The molecule has 1 saturated heterocycles. The van der Waals surface area contributed by atoms with E-state index >= 15 is 0 Å². The lowest BCUT2D eigenvalue weighted by atomic mass is 9.76. The van der Waals surface area contributed by atoms with E-state index in [0.29, 0.717) is 11.5 Å². The van der Waals surface area contributed by atoms with E-state index in [2.05, 4.69) is 32.3 Å². The molecule has 0 unspecified atom stereocenters. The van der Waals surface area contributed by atoms with Crippen molar-refractivity contribution < 1.29 is 4.52 Å². The van der Waals surface area contributed by atoms with Gasteiger partial charge in [0.1, 0.15) is 12.0 Å². The van der Waals surface area contributed by atoms with Gasteiger partial charge in [0.05, 0.1) is 5.41 Å². The highest BCUT2D eigenvalue weighted by atomic mass is 16.5. The average molecular weight is 259 g/mol. The molecular weight excluding hydrogens is 242 g/mol. The number of nitrogens with one attached hydrogen (secondary N) is 1. The van der Waals surface area contributed by atoms with Crippen molar-refractivity contribution in [2.45, 2.75) is 31.6 Å². The van der Waals surface area contributed by atoms with E-state index in [1.54, 1.807) is 12.3 Å².